The Morgan fingerprint density at radius 2 is 0.767 bits per heavy atom. The monoisotopic (exact) mass is 418 g/mol. The van der Waals surface area contributed by atoms with Crippen molar-refractivity contribution >= 4 is 0 Å². The maximum Gasteiger partial charge on any atom is 0.208 e. The molecule has 158 valence electrons. The number of rotatable bonds is 2. The quantitative estimate of drug-likeness (QED) is 0.218. The van der Waals surface area contributed by atoms with Gasteiger partial charge in [-0.1, -0.05) is 6.07 Å². The highest BCUT2D eigenvalue weighted by molar-refractivity contribution is 5.92. The Morgan fingerprint density at radius 1 is 0.433 bits per heavy atom. The lowest BCUT2D eigenvalue weighted by Gasteiger charge is -2.18. The van der Waals surface area contributed by atoms with Gasteiger partial charge in [-0.2, -0.15) is 0 Å². The van der Waals surface area contributed by atoms with Crippen LogP contribution < -0.4 is 0 Å². The summed E-state index contributed by atoms with van der Waals surface area (Å²) in [4.78, 5) is 0. The summed E-state index contributed by atoms with van der Waals surface area (Å²) < 4.78 is 0. The summed E-state index contributed by atoms with van der Waals surface area (Å²) in [5, 5.41) is 99.4. The van der Waals surface area contributed by atoms with Crippen LogP contribution in [0, 0.1) is 13.8 Å². The molecule has 3 rings (SSSR count). The fourth-order valence-corrected chi connectivity index (χ4v) is 3.16. The van der Waals surface area contributed by atoms with Crippen molar-refractivity contribution in [2.24, 2.45) is 0 Å². The van der Waals surface area contributed by atoms with Gasteiger partial charge < -0.3 is 51.1 Å². The number of aromatic hydroxyl groups is 10. The molecule has 0 atom stereocenters. The number of aryl methyl sites for hydroxylation is 1. The van der Waals surface area contributed by atoms with E-state index in [2.05, 4.69) is 0 Å². The molecule has 10 N–H and O–H groups in total. The van der Waals surface area contributed by atoms with Gasteiger partial charge in [-0.25, -0.2) is 0 Å². The minimum absolute atomic E-state index is 0.0106. The van der Waals surface area contributed by atoms with Crippen LogP contribution >= 0.6 is 0 Å². The summed E-state index contributed by atoms with van der Waals surface area (Å²) in [6.07, 6.45) is 0. The second-order valence-electron chi connectivity index (χ2n) is 6.70. The highest BCUT2D eigenvalue weighted by Crippen LogP contribution is 2.58. The molecule has 0 aliphatic carbocycles. The van der Waals surface area contributed by atoms with Crippen LogP contribution in [0.3, 0.4) is 0 Å². The van der Waals surface area contributed by atoms with Gasteiger partial charge in [0.1, 0.15) is 0 Å². The van der Waals surface area contributed by atoms with Crippen molar-refractivity contribution in [2.45, 2.75) is 13.8 Å². The molecule has 0 saturated heterocycles. The molecule has 0 fully saturated rings. The van der Waals surface area contributed by atoms with Crippen molar-refractivity contribution in [1.29, 1.82) is 0 Å². The Labute approximate surface area is 168 Å². The summed E-state index contributed by atoms with van der Waals surface area (Å²) in [6.45, 7) is 3.16. The van der Waals surface area contributed by atoms with Gasteiger partial charge in [0, 0.05) is 0 Å². The standard InChI is InChI=1S/C20H18O10/c1-5-3-7(9-11(21)15(25)19(29)16(26)12(9)22)4-8(6(5)2)10-13(23)17(27)20(30)18(28)14(10)24/h3-4,21-30H,1-2H3. The van der Waals surface area contributed by atoms with Crippen LogP contribution in [0.1, 0.15) is 11.1 Å². The van der Waals surface area contributed by atoms with Crippen LogP contribution in [0.25, 0.3) is 22.3 Å². The third kappa shape index (κ3) is 2.65. The molecule has 0 saturated carbocycles. The second kappa shape index (κ2) is 6.62. The highest BCUT2D eigenvalue weighted by atomic mass is 16.4. The number of phenols is 10. The van der Waals surface area contributed by atoms with Crippen molar-refractivity contribution in [3.63, 3.8) is 0 Å². The molecule has 0 aliphatic heterocycles. The molecule has 3 aromatic carbocycles. The summed E-state index contributed by atoms with van der Waals surface area (Å²) in [5.74, 6) is -10.5. The molecule has 0 spiro atoms. The van der Waals surface area contributed by atoms with E-state index in [9.17, 15) is 51.1 Å². The summed E-state index contributed by atoms with van der Waals surface area (Å²) >= 11 is 0. The van der Waals surface area contributed by atoms with Crippen molar-refractivity contribution in [3.05, 3.63) is 23.3 Å². The van der Waals surface area contributed by atoms with E-state index in [4.69, 9.17) is 0 Å². The van der Waals surface area contributed by atoms with Crippen LogP contribution in [0.2, 0.25) is 0 Å². The lowest BCUT2D eigenvalue weighted by Crippen LogP contribution is -1.93. The van der Waals surface area contributed by atoms with E-state index in [1.54, 1.807) is 13.8 Å². The first kappa shape index (κ1) is 20.4. The van der Waals surface area contributed by atoms with Gasteiger partial charge in [0.15, 0.2) is 23.0 Å². The molecule has 0 radical (unpaired) electrons. The Kier molecular flexibility index (Phi) is 4.50. The molecule has 0 aromatic heterocycles. The average Bonchev–Trinajstić information content (AvgIpc) is 2.71. The van der Waals surface area contributed by atoms with Gasteiger partial charge in [-0.05, 0) is 42.2 Å². The van der Waals surface area contributed by atoms with Crippen molar-refractivity contribution in [3.8, 4) is 79.7 Å². The van der Waals surface area contributed by atoms with Gasteiger partial charge in [0.05, 0.1) is 11.1 Å². The Bertz CT molecular complexity index is 1160. The summed E-state index contributed by atoms with van der Waals surface area (Å²) in [5.41, 5.74) is -0.0509. The zero-order valence-electron chi connectivity index (χ0n) is 15.6. The van der Waals surface area contributed by atoms with Crippen LogP contribution in [-0.2, 0) is 0 Å². The molecule has 0 heterocycles. The van der Waals surface area contributed by atoms with E-state index >= 15 is 0 Å². The fraction of sp³-hybridized carbons (Fsp3) is 0.100. The van der Waals surface area contributed by atoms with Crippen molar-refractivity contribution in [2.75, 3.05) is 0 Å². The van der Waals surface area contributed by atoms with Gasteiger partial charge >= 0.3 is 0 Å². The van der Waals surface area contributed by atoms with Gasteiger partial charge in [0.2, 0.25) is 34.5 Å². The van der Waals surface area contributed by atoms with Crippen molar-refractivity contribution < 1.29 is 51.1 Å². The topological polar surface area (TPSA) is 202 Å². The van der Waals surface area contributed by atoms with Crippen LogP contribution in [0.5, 0.6) is 57.5 Å². The first-order valence-corrected chi connectivity index (χ1v) is 8.39. The molecule has 10 heteroatoms. The van der Waals surface area contributed by atoms with E-state index in [0.29, 0.717) is 11.1 Å². The summed E-state index contributed by atoms with van der Waals surface area (Å²) in [7, 11) is 0. The average molecular weight is 418 g/mol. The van der Waals surface area contributed by atoms with Gasteiger partial charge in [-0.3, -0.25) is 0 Å². The maximum atomic E-state index is 10.3. The minimum atomic E-state index is -1.14. The first-order chi connectivity index (χ1) is 13.9. The number of benzene rings is 3. The van der Waals surface area contributed by atoms with Gasteiger partial charge in [-0.15, -0.1) is 0 Å². The normalized spacial score (nSPS) is 11.0. The largest absolute Gasteiger partial charge is 0.504 e. The zero-order valence-corrected chi connectivity index (χ0v) is 15.6. The minimum Gasteiger partial charge on any atom is -0.504 e. The molecule has 3 aromatic rings. The maximum absolute atomic E-state index is 10.3. The molecule has 10 nitrogen and oxygen atoms in total. The van der Waals surface area contributed by atoms with Crippen LogP contribution in [-0.4, -0.2) is 51.1 Å². The number of hydrogen-bond donors (Lipinski definition) is 10. The molecular formula is C20H18O10. The Morgan fingerprint density at radius 3 is 1.17 bits per heavy atom. The third-order valence-electron chi connectivity index (χ3n) is 4.97. The number of hydrogen-bond acceptors (Lipinski definition) is 10. The van der Waals surface area contributed by atoms with E-state index < -0.39 is 68.6 Å². The van der Waals surface area contributed by atoms with Crippen LogP contribution in [0.15, 0.2) is 12.1 Å². The lowest BCUT2D eigenvalue weighted by molar-refractivity contribution is 0.330. The molecular weight excluding hydrogens is 400 g/mol. The molecule has 0 bridgehead atoms. The zero-order chi connectivity index (χ0) is 22.7. The Balaban J connectivity index is 2.44. The predicted octanol–water partition coefficient (Wildman–Crippen LogP) is 2.69. The van der Waals surface area contributed by atoms with E-state index in [1.807, 2.05) is 0 Å². The SMILES string of the molecule is Cc1cc(-c2c(O)c(O)c(O)c(O)c2O)cc(-c2c(O)c(O)c(O)c(O)c2O)c1C. The van der Waals surface area contributed by atoms with Gasteiger partial charge in [0.25, 0.3) is 0 Å². The molecule has 0 unspecified atom stereocenters. The van der Waals surface area contributed by atoms with E-state index in [1.165, 1.54) is 12.1 Å². The molecule has 0 amide bonds. The smallest absolute Gasteiger partial charge is 0.208 e. The van der Waals surface area contributed by atoms with Crippen molar-refractivity contribution in [1.82, 2.24) is 0 Å². The fourth-order valence-electron chi connectivity index (χ4n) is 3.16. The summed E-state index contributed by atoms with van der Waals surface area (Å²) in [6, 6.07) is 2.63. The third-order valence-corrected chi connectivity index (χ3v) is 4.97. The highest BCUT2D eigenvalue weighted by Gasteiger charge is 2.28. The number of phenolic OH excluding ortho intramolecular Hbond substituents is 10. The predicted molar refractivity (Wildman–Crippen MR) is 103 cm³/mol. The van der Waals surface area contributed by atoms with E-state index in [0.717, 1.165) is 0 Å². The Hall–Kier alpha value is -4.34. The van der Waals surface area contributed by atoms with Crippen LogP contribution in [0.4, 0.5) is 0 Å². The molecule has 30 heavy (non-hydrogen) atoms. The second-order valence-corrected chi connectivity index (χ2v) is 6.70. The lowest BCUT2D eigenvalue weighted by atomic mass is 9.89. The van der Waals surface area contributed by atoms with E-state index in [-0.39, 0.29) is 11.1 Å². The molecule has 0 aliphatic rings. The first-order valence-electron chi connectivity index (χ1n) is 8.39.